The van der Waals surface area contributed by atoms with Crippen LogP contribution in [-0.2, 0) is 16.1 Å². The first-order valence-electron chi connectivity index (χ1n) is 12.0. The van der Waals surface area contributed by atoms with Crippen molar-refractivity contribution < 1.29 is 28.7 Å². The zero-order valence-corrected chi connectivity index (χ0v) is 21.6. The highest BCUT2D eigenvalue weighted by molar-refractivity contribution is 6.22. The topological polar surface area (TPSA) is 134 Å². The molecule has 0 unspecified atom stereocenters. The van der Waals surface area contributed by atoms with Crippen molar-refractivity contribution >= 4 is 35.4 Å². The summed E-state index contributed by atoms with van der Waals surface area (Å²) < 4.78 is 5.13. The Kier molecular flexibility index (Phi) is 8.31. The van der Waals surface area contributed by atoms with Gasteiger partial charge in [0.1, 0.15) is 5.60 Å². The van der Waals surface area contributed by atoms with Gasteiger partial charge in [-0.25, -0.2) is 4.79 Å². The molecule has 0 radical (unpaired) electrons. The summed E-state index contributed by atoms with van der Waals surface area (Å²) in [7, 11) is 0. The van der Waals surface area contributed by atoms with Gasteiger partial charge in [0.25, 0.3) is 17.7 Å². The predicted octanol–water partition coefficient (Wildman–Crippen LogP) is 3.47. The lowest BCUT2D eigenvalue weighted by molar-refractivity contribution is -0.121. The zero-order chi connectivity index (χ0) is 27.3. The number of benzene rings is 2. The molecule has 0 aromatic heterocycles. The van der Waals surface area contributed by atoms with Crippen LogP contribution in [0.2, 0.25) is 0 Å². The van der Waals surface area contributed by atoms with E-state index in [9.17, 15) is 24.0 Å². The van der Waals surface area contributed by atoms with Gasteiger partial charge in [-0.1, -0.05) is 18.2 Å². The van der Waals surface area contributed by atoms with Gasteiger partial charge in [-0.2, -0.15) is 0 Å². The lowest BCUT2D eigenvalue weighted by Crippen LogP contribution is -2.35. The molecule has 37 heavy (non-hydrogen) atoms. The van der Waals surface area contributed by atoms with E-state index in [0.717, 1.165) is 0 Å². The van der Waals surface area contributed by atoms with E-state index >= 15 is 0 Å². The van der Waals surface area contributed by atoms with Crippen LogP contribution in [0.4, 0.5) is 10.5 Å². The molecule has 2 aromatic rings. The SMILES string of the molecule is CC(C)N1C(=O)c2ccc(C(=O)Nc3ccccc3CNC(=O)CCNC(=O)OC(C)(C)C)cc2C1=O. The van der Waals surface area contributed by atoms with Crippen LogP contribution in [0.3, 0.4) is 0 Å². The number of carbonyl (C=O) groups excluding carboxylic acids is 5. The van der Waals surface area contributed by atoms with Gasteiger partial charge in [0.2, 0.25) is 5.91 Å². The third-order valence-electron chi connectivity index (χ3n) is 5.46. The van der Waals surface area contributed by atoms with Gasteiger partial charge in [0.15, 0.2) is 0 Å². The van der Waals surface area contributed by atoms with E-state index in [2.05, 4.69) is 16.0 Å². The first-order chi connectivity index (χ1) is 17.4. The van der Waals surface area contributed by atoms with Crippen LogP contribution in [0.5, 0.6) is 0 Å². The lowest BCUT2D eigenvalue weighted by atomic mass is 10.0. The molecule has 3 rings (SSSR count). The molecular formula is C27H32N4O6. The molecule has 0 spiro atoms. The Morgan fingerprint density at radius 2 is 1.62 bits per heavy atom. The van der Waals surface area contributed by atoms with Crippen molar-refractivity contribution in [2.75, 3.05) is 11.9 Å². The van der Waals surface area contributed by atoms with Crippen LogP contribution in [0.1, 0.15) is 77.7 Å². The minimum Gasteiger partial charge on any atom is -0.444 e. The maximum atomic E-state index is 13.0. The fourth-order valence-electron chi connectivity index (χ4n) is 3.74. The molecule has 0 bridgehead atoms. The molecule has 0 fully saturated rings. The van der Waals surface area contributed by atoms with E-state index in [1.165, 1.54) is 23.1 Å². The molecule has 5 amide bonds. The van der Waals surface area contributed by atoms with Gasteiger partial charge in [-0.3, -0.25) is 24.1 Å². The Labute approximate surface area is 215 Å². The minimum atomic E-state index is -0.623. The van der Waals surface area contributed by atoms with Crippen molar-refractivity contribution in [1.29, 1.82) is 0 Å². The van der Waals surface area contributed by atoms with Crippen molar-refractivity contribution in [3.05, 3.63) is 64.7 Å². The summed E-state index contributed by atoms with van der Waals surface area (Å²) in [6.07, 6.45) is -0.536. The van der Waals surface area contributed by atoms with Crippen molar-refractivity contribution in [2.45, 2.75) is 59.2 Å². The number of imide groups is 1. The van der Waals surface area contributed by atoms with E-state index in [-0.39, 0.29) is 54.1 Å². The number of anilines is 1. The van der Waals surface area contributed by atoms with Crippen molar-refractivity contribution in [2.24, 2.45) is 0 Å². The first kappa shape index (κ1) is 27.4. The van der Waals surface area contributed by atoms with Crippen molar-refractivity contribution in [3.63, 3.8) is 0 Å². The Bertz CT molecular complexity index is 1230. The molecule has 196 valence electrons. The van der Waals surface area contributed by atoms with Crippen LogP contribution in [0.15, 0.2) is 42.5 Å². The zero-order valence-electron chi connectivity index (χ0n) is 21.6. The molecule has 2 aromatic carbocycles. The van der Waals surface area contributed by atoms with E-state index in [0.29, 0.717) is 11.3 Å². The highest BCUT2D eigenvalue weighted by Crippen LogP contribution is 2.26. The van der Waals surface area contributed by atoms with E-state index < -0.39 is 23.5 Å². The van der Waals surface area contributed by atoms with Gasteiger partial charge in [0.05, 0.1) is 11.1 Å². The van der Waals surface area contributed by atoms with Crippen LogP contribution >= 0.6 is 0 Å². The smallest absolute Gasteiger partial charge is 0.407 e. The summed E-state index contributed by atoms with van der Waals surface area (Å²) >= 11 is 0. The summed E-state index contributed by atoms with van der Waals surface area (Å²) in [5, 5.41) is 8.10. The number of alkyl carbamates (subject to hydrolysis) is 1. The summed E-state index contributed by atoms with van der Waals surface area (Å²) in [6, 6.07) is 11.1. The van der Waals surface area contributed by atoms with Gasteiger partial charge in [0, 0.05) is 36.8 Å². The molecule has 0 saturated carbocycles. The summed E-state index contributed by atoms with van der Waals surface area (Å²) in [4.78, 5) is 63.2. The fraction of sp³-hybridized carbons (Fsp3) is 0.370. The molecule has 1 aliphatic heterocycles. The third kappa shape index (κ3) is 6.93. The number of carbonyl (C=O) groups is 5. The van der Waals surface area contributed by atoms with Gasteiger partial charge in [-0.15, -0.1) is 0 Å². The molecule has 0 atom stereocenters. The quantitative estimate of drug-likeness (QED) is 0.468. The second-order valence-electron chi connectivity index (χ2n) is 9.90. The van der Waals surface area contributed by atoms with Crippen molar-refractivity contribution in [3.8, 4) is 0 Å². The number of ether oxygens (including phenoxy) is 1. The Morgan fingerprint density at radius 1 is 0.946 bits per heavy atom. The number of nitrogens with zero attached hydrogens (tertiary/aromatic N) is 1. The lowest BCUT2D eigenvalue weighted by Gasteiger charge is -2.19. The molecule has 0 aliphatic carbocycles. The standard InChI is InChI=1S/C27H32N4O6/c1-16(2)31-24(34)19-11-10-17(14-20(19)25(31)35)23(33)30-21-9-7-6-8-18(21)15-29-22(32)12-13-28-26(36)37-27(3,4)5/h6-11,14,16H,12-13,15H2,1-5H3,(H,28,36)(H,29,32)(H,30,33). The Morgan fingerprint density at radius 3 is 2.30 bits per heavy atom. The molecule has 1 heterocycles. The minimum absolute atomic E-state index is 0.0586. The number of amides is 5. The second kappa shape index (κ2) is 11.2. The average molecular weight is 509 g/mol. The largest absolute Gasteiger partial charge is 0.444 e. The van der Waals surface area contributed by atoms with E-state index in [1.807, 2.05) is 0 Å². The predicted molar refractivity (Wildman–Crippen MR) is 137 cm³/mol. The second-order valence-corrected chi connectivity index (χ2v) is 9.90. The number of fused-ring (bicyclic) bond motifs is 1. The summed E-state index contributed by atoms with van der Waals surface area (Å²) in [5.41, 5.74) is 1.25. The molecule has 10 nitrogen and oxygen atoms in total. The Hall–Kier alpha value is -4.21. The monoisotopic (exact) mass is 508 g/mol. The molecule has 1 aliphatic rings. The highest BCUT2D eigenvalue weighted by Gasteiger charge is 2.37. The average Bonchev–Trinajstić information content (AvgIpc) is 3.06. The number of hydrogen-bond donors (Lipinski definition) is 3. The molecular weight excluding hydrogens is 476 g/mol. The molecule has 0 saturated heterocycles. The van der Waals surface area contributed by atoms with Gasteiger partial charge < -0.3 is 20.7 Å². The van der Waals surface area contributed by atoms with Crippen LogP contribution < -0.4 is 16.0 Å². The number of para-hydroxylation sites is 1. The first-order valence-corrected chi connectivity index (χ1v) is 12.0. The Balaban J connectivity index is 1.59. The van der Waals surface area contributed by atoms with Crippen LogP contribution in [0, 0.1) is 0 Å². The third-order valence-corrected chi connectivity index (χ3v) is 5.46. The highest BCUT2D eigenvalue weighted by atomic mass is 16.6. The number of hydrogen-bond acceptors (Lipinski definition) is 6. The maximum Gasteiger partial charge on any atom is 0.407 e. The number of nitrogens with one attached hydrogen (secondary N) is 3. The van der Waals surface area contributed by atoms with Gasteiger partial charge >= 0.3 is 6.09 Å². The van der Waals surface area contributed by atoms with Crippen LogP contribution in [-0.4, -0.2) is 52.8 Å². The summed E-state index contributed by atoms with van der Waals surface area (Å²) in [6.45, 7) is 9.03. The van der Waals surface area contributed by atoms with E-state index in [1.54, 1.807) is 58.9 Å². The fourth-order valence-corrected chi connectivity index (χ4v) is 3.74. The van der Waals surface area contributed by atoms with Crippen molar-refractivity contribution in [1.82, 2.24) is 15.5 Å². The number of rotatable bonds is 8. The molecule has 3 N–H and O–H groups in total. The maximum absolute atomic E-state index is 13.0. The normalized spacial score (nSPS) is 12.9. The molecule has 10 heteroatoms. The van der Waals surface area contributed by atoms with Crippen LogP contribution in [0.25, 0.3) is 0 Å². The summed E-state index contributed by atoms with van der Waals surface area (Å²) in [5.74, 6) is -1.53. The van der Waals surface area contributed by atoms with Gasteiger partial charge in [-0.05, 0) is 64.4 Å². The van der Waals surface area contributed by atoms with E-state index in [4.69, 9.17) is 4.74 Å².